The van der Waals surface area contributed by atoms with Gasteiger partial charge in [-0.25, -0.2) is 9.48 Å². The van der Waals surface area contributed by atoms with Gasteiger partial charge < -0.3 is 15.3 Å². The summed E-state index contributed by atoms with van der Waals surface area (Å²) in [5, 5.41) is 18.2. The highest BCUT2D eigenvalue weighted by Crippen LogP contribution is 1.94. The molecule has 0 fully saturated rings. The monoisotopic (exact) mass is 297 g/mol. The number of rotatable bonds is 8. The molecule has 1 aromatic heterocycles. The van der Waals surface area contributed by atoms with Crippen LogP contribution in [0.25, 0.3) is 0 Å². The van der Waals surface area contributed by atoms with E-state index >= 15 is 0 Å². The summed E-state index contributed by atoms with van der Waals surface area (Å²) in [6.07, 6.45) is 1.40. The van der Waals surface area contributed by atoms with Crippen LogP contribution in [-0.2, 0) is 16.1 Å². The molecule has 2 N–H and O–H groups in total. The Hall–Kier alpha value is -2.45. The van der Waals surface area contributed by atoms with Gasteiger partial charge in [-0.3, -0.25) is 9.59 Å². The molecular weight excluding hydrogens is 278 g/mol. The number of amides is 2. The van der Waals surface area contributed by atoms with E-state index in [1.807, 2.05) is 13.8 Å². The molecule has 0 aromatic carbocycles. The van der Waals surface area contributed by atoms with Crippen LogP contribution in [-0.4, -0.2) is 62.4 Å². The van der Waals surface area contributed by atoms with Gasteiger partial charge in [0, 0.05) is 26.1 Å². The minimum Gasteiger partial charge on any atom is -0.476 e. The fourth-order valence-corrected chi connectivity index (χ4v) is 1.72. The highest BCUT2D eigenvalue weighted by atomic mass is 16.4. The lowest BCUT2D eigenvalue weighted by Gasteiger charge is -2.18. The SMILES string of the molecule is CCN(CC)C(=O)CCNC(=O)Cn1cc(C(=O)O)nn1. The van der Waals surface area contributed by atoms with Crippen LogP contribution in [0.5, 0.6) is 0 Å². The maximum Gasteiger partial charge on any atom is 0.358 e. The number of carboxylic acid groups (broad SMARTS) is 1. The molecular formula is C12H19N5O4. The summed E-state index contributed by atoms with van der Waals surface area (Å²) >= 11 is 0. The van der Waals surface area contributed by atoms with Gasteiger partial charge in [-0.1, -0.05) is 5.21 Å². The van der Waals surface area contributed by atoms with Crippen molar-refractivity contribution in [2.45, 2.75) is 26.8 Å². The first kappa shape index (κ1) is 16.6. The van der Waals surface area contributed by atoms with Crippen LogP contribution < -0.4 is 5.32 Å². The van der Waals surface area contributed by atoms with E-state index in [9.17, 15) is 14.4 Å². The molecule has 1 aromatic rings. The first-order chi connectivity index (χ1) is 9.97. The quantitative estimate of drug-likeness (QED) is 0.658. The highest BCUT2D eigenvalue weighted by Gasteiger charge is 2.12. The van der Waals surface area contributed by atoms with Crippen molar-refractivity contribution in [1.29, 1.82) is 0 Å². The molecule has 0 atom stereocenters. The van der Waals surface area contributed by atoms with Crippen LogP contribution in [0, 0.1) is 0 Å². The van der Waals surface area contributed by atoms with Crippen molar-refractivity contribution in [1.82, 2.24) is 25.2 Å². The van der Waals surface area contributed by atoms with Crippen LogP contribution >= 0.6 is 0 Å². The highest BCUT2D eigenvalue weighted by molar-refractivity contribution is 5.85. The van der Waals surface area contributed by atoms with E-state index in [2.05, 4.69) is 15.6 Å². The fourth-order valence-electron chi connectivity index (χ4n) is 1.72. The first-order valence-electron chi connectivity index (χ1n) is 6.65. The van der Waals surface area contributed by atoms with Crippen LogP contribution in [0.15, 0.2) is 6.20 Å². The van der Waals surface area contributed by atoms with E-state index in [1.54, 1.807) is 4.90 Å². The Labute approximate surface area is 121 Å². The van der Waals surface area contributed by atoms with Crippen molar-refractivity contribution in [3.63, 3.8) is 0 Å². The predicted molar refractivity (Wildman–Crippen MR) is 72.5 cm³/mol. The number of carboxylic acids is 1. The molecule has 0 radical (unpaired) electrons. The van der Waals surface area contributed by atoms with Crippen molar-refractivity contribution in [3.8, 4) is 0 Å². The van der Waals surface area contributed by atoms with Gasteiger partial charge in [-0.2, -0.15) is 0 Å². The Morgan fingerprint density at radius 1 is 1.33 bits per heavy atom. The third-order valence-electron chi connectivity index (χ3n) is 2.84. The third-order valence-corrected chi connectivity index (χ3v) is 2.84. The zero-order chi connectivity index (χ0) is 15.8. The maximum atomic E-state index is 11.7. The van der Waals surface area contributed by atoms with Crippen molar-refractivity contribution >= 4 is 17.8 Å². The zero-order valence-electron chi connectivity index (χ0n) is 12.1. The van der Waals surface area contributed by atoms with E-state index in [0.717, 1.165) is 4.68 Å². The molecule has 0 aliphatic heterocycles. The molecule has 21 heavy (non-hydrogen) atoms. The molecule has 0 aliphatic rings. The molecule has 0 saturated carbocycles. The van der Waals surface area contributed by atoms with Gasteiger partial charge in [-0.15, -0.1) is 5.10 Å². The standard InChI is InChI=1S/C12H19N5O4/c1-3-16(4-2)11(19)5-6-13-10(18)8-17-7-9(12(20)21)14-15-17/h7H,3-6,8H2,1-2H3,(H,13,18)(H,20,21). The minimum atomic E-state index is -1.20. The van der Waals surface area contributed by atoms with E-state index in [0.29, 0.717) is 13.1 Å². The maximum absolute atomic E-state index is 11.7. The van der Waals surface area contributed by atoms with Gasteiger partial charge in [0.05, 0.1) is 6.20 Å². The number of nitrogens with zero attached hydrogens (tertiary/aromatic N) is 4. The first-order valence-corrected chi connectivity index (χ1v) is 6.65. The molecule has 1 heterocycles. The number of hydrogen-bond donors (Lipinski definition) is 2. The van der Waals surface area contributed by atoms with Gasteiger partial charge in [-0.05, 0) is 13.8 Å². The number of hydrogen-bond acceptors (Lipinski definition) is 5. The lowest BCUT2D eigenvalue weighted by Crippen LogP contribution is -2.35. The topological polar surface area (TPSA) is 117 Å². The number of nitrogens with one attached hydrogen (secondary N) is 1. The van der Waals surface area contributed by atoms with Crippen molar-refractivity contribution in [3.05, 3.63) is 11.9 Å². The summed E-state index contributed by atoms with van der Waals surface area (Å²) in [4.78, 5) is 35.6. The van der Waals surface area contributed by atoms with Gasteiger partial charge in [0.15, 0.2) is 5.69 Å². The largest absolute Gasteiger partial charge is 0.476 e. The van der Waals surface area contributed by atoms with Gasteiger partial charge in [0.2, 0.25) is 11.8 Å². The molecule has 0 unspecified atom stereocenters. The summed E-state index contributed by atoms with van der Waals surface area (Å²) in [5.41, 5.74) is -0.223. The summed E-state index contributed by atoms with van der Waals surface area (Å²) < 4.78 is 1.13. The Morgan fingerprint density at radius 3 is 2.52 bits per heavy atom. The summed E-state index contributed by atoms with van der Waals surface area (Å²) in [5.74, 6) is -1.58. The van der Waals surface area contributed by atoms with Gasteiger partial charge >= 0.3 is 5.97 Å². The van der Waals surface area contributed by atoms with Gasteiger partial charge in [0.1, 0.15) is 6.54 Å². The molecule has 0 saturated heterocycles. The molecule has 0 aliphatic carbocycles. The number of aromatic nitrogens is 3. The Kier molecular flexibility index (Phi) is 6.31. The van der Waals surface area contributed by atoms with E-state index in [4.69, 9.17) is 5.11 Å². The van der Waals surface area contributed by atoms with Crippen molar-refractivity contribution in [2.24, 2.45) is 0 Å². The summed E-state index contributed by atoms with van der Waals surface area (Å²) in [6.45, 7) is 5.16. The van der Waals surface area contributed by atoms with E-state index < -0.39 is 5.97 Å². The minimum absolute atomic E-state index is 0.0192. The molecule has 0 spiro atoms. The third kappa shape index (κ3) is 5.21. The molecule has 0 bridgehead atoms. The van der Waals surface area contributed by atoms with Crippen molar-refractivity contribution in [2.75, 3.05) is 19.6 Å². The second-order valence-electron chi connectivity index (χ2n) is 4.27. The van der Waals surface area contributed by atoms with E-state index in [-0.39, 0.29) is 37.0 Å². The lowest BCUT2D eigenvalue weighted by molar-refractivity contribution is -0.130. The smallest absolute Gasteiger partial charge is 0.358 e. The number of carbonyl (C=O) groups is 3. The lowest BCUT2D eigenvalue weighted by atomic mass is 10.3. The second kappa shape index (κ2) is 7.98. The predicted octanol–water partition coefficient (Wildman–Crippen LogP) is -0.649. The average molecular weight is 297 g/mol. The summed E-state index contributed by atoms with van der Waals surface area (Å²) in [7, 11) is 0. The molecule has 116 valence electrons. The average Bonchev–Trinajstić information content (AvgIpc) is 2.88. The summed E-state index contributed by atoms with van der Waals surface area (Å²) in [6, 6.07) is 0. The Bertz CT molecular complexity index is 510. The van der Waals surface area contributed by atoms with Crippen LogP contribution in [0.4, 0.5) is 0 Å². The molecule has 9 nitrogen and oxygen atoms in total. The van der Waals surface area contributed by atoms with Crippen molar-refractivity contribution < 1.29 is 19.5 Å². The van der Waals surface area contributed by atoms with Crippen LogP contribution in [0.3, 0.4) is 0 Å². The van der Waals surface area contributed by atoms with E-state index in [1.165, 1.54) is 6.20 Å². The van der Waals surface area contributed by atoms with Crippen LogP contribution in [0.1, 0.15) is 30.8 Å². The molecule has 1 rings (SSSR count). The Morgan fingerprint density at radius 2 is 2.00 bits per heavy atom. The molecule has 2 amide bonds. The Balaban J connectivity index is 2.34. The normalized spacial score (nSPS) is 10.2. The number of aromatic carboxylic acids is 1. The molecule has 9 heteroatoms. The zero-order valence-corrected chi connectivity index (χ0v) is 12.1. The second-order valence-corrected chi connectivity index (χ2v) is 4.27. The number of carbonyl (C=O) groups excluding carboxylic acids is 2. The van der Waals surface area contributed by atoms with Gasteiger partial charge in [0.25, 0.3) is 0 Å². The van der Waals surface area contributed by atoms with Crippen LogP contribution in [0.2, 0.25) is 0 Å². The fraction of sp³-hybridized carbons (Fsp3) is 0.583.